The van der Waals surface area contributed by atoms with Crippen LogP contribution in [0.4, 0.5) is 17.6 Å². The van der Waals surface area contributed by atoms with Gasteiger partial charge in [0.05, 0.1) is 6.10 Å². The Morgan fingerprint density at radius 3 is 2.60 bits per heavy atom. The van der Waals surface area contributed by atoms with Crippen LogP contribution in [0, 0.1) is 5.82 Å². The summed E-state index contributed by atoms with van der Waals surface area (Å²) in [6, 6.07) is 6.73. The molecule has 0 bridgehead atoms. The zero-order chi connectivity index (χ0) is 24.9. The monoisotopic (exact) mass is 488 g/mol. The molecule has 7 nitrogen and oxygen atoms in total. The molecule has 11 heteroatoms. The summed E-state index contributed by atoms with van der Waals surface area (Å²) < 4.78 is 63.6. The maximum absolute atomic E-state index is 14.1. The van der Waals surface area contributed by atoms with Crippen LogP contribution in [-0.4, -0.2) is 55.9 Å². The summed E-state index contributed by atoms with van der Waals surface area (Å²) in [6.45, 7) is 4.06. The van der Waals surface area contributed by atoms with E-state index >= 15 is 0 Å². The minimum Gasteiger partial charge on any atom is -0.489 e. The summed E-state index contributed by atoms with van der Waals surface area (Å²) in [5, 5.41) is 8.80. The number of nitrogens with two attached hydrogens (primary N) is 1. The highest BCUT2D eigenvalue weighted by molar-refractivity contribution is 5.86. The van der Waals surface area contributed by atoms with Gasteiger partial charge in [-0.2, -0.15) is 13.2 Å². The summed E-state index contributed by atoms with van der Waals surface area (Å²) in [6.07, 6.45) is -2.79. The van der Waals surface area contributed by atoms with Gasteiger partial charge in [-0.3, -0.25) is 9.30 Å². The molecule has 0 aliphatic carbocycles. The van der Waals surface area contributed by atoms with Gasteiger partial charge >= 0.3 is 6.18 Å². The maximum Gasteiger partial charge on any atom is 0.408 e. The molecular formula is C24H24F4N6O. The van der Waals surface area contributed by atoms with Crippen molar-refractivity contribution in [3.63, 3.8) is 0 Å². The van der Waals surface area contributed by atoms with Crippen LogP contribution in [0.1, 0.15) is 31.9 Å². The largest absolute Gasteiger partial charge is 0.489 e. The first-order valence-electron chi connectivity index (χ1n) is 11.3. The third-order valence-corrected chi connectivity index (χ3v) is 5.99. The second-order valence-electron chi connectivity index (χ2n) is 9.04. The van der Waals surface area contributed by atoms with Gasteiger partial charge in [0.25, 0.3) is 0 Å². The molecule has 2 N–H and O–H groups in total. The van der Waals surface area contributed by atoms with Crippen LogP contribution in [0.15, 0.2) is 42.6 Å². The van der Waals surface area contributed by atoms with E-state index in [-0.39, 0.29) is 42.4 Å². The lowest BCUT2D eigenvalue weighted by Crippen LogP contribution is -2.38. The Kier molecular flexibility index (Phi) is 5.84. The van der Waals surface area contributed by atoms with E-state index in [2.05, 4.69) is 15.2 Å². The number of alkyl halides is 3. The lowest BCUT2D eigenvalue weighted by molar-refractivity contribution is -0.183. The number of hydrogen-bond acceptors (Lipinski definition) is 6. The highest BCUT2D eigenvalue weighted by Crippen LogP contribution is 2.39. The van der Waals surface area contributed by atoms with E-state index in [0.717, 1.165) is 0 Å². The third kappa shape index (κ3) is 4.53. The molecule has 1 fully saturated rings. The molecule has 184 valence electrons. The van der Waals surface area contributed by atoms with Crippen LogP contribution in [0.5, 0.6) is 5.75 Å². The van der Waals surface area contributed by atoms with E-state index in [1.807, 2.05) is 13.8 Å². The quantitative estimate of drug-likeness (QED) is 0.417. The van der Waals surface area contributed by atoms with Crippen LogP contribution in [0.25, 0.3) is 28.1 Å². The number of benzene rings is 1. The molecule has 0 amide bonds. The minimum absolute atomic E-state index is 0.0619. The maximum atomic E-state index is 14.1. The molecule has 4 aromatic rings. The smallest absolute Gasteiger partial charge is 0.408 e. The predicted octanol–water partition coefficient (Wildman–Crippen LogP) is 4.51. The Morgan fingerprint density at radius 2 is 1.91 bits per heavy atom. The van der Waals surface area contributed by atoms with E-state index in [1.54, 1.807) is 12.1 Å². The van der Waals surface area contributed by atoms with Crippen molar-refractivity contribution in [1.29, 1.82) is 0 Å². The van der Waals surface area contributed by atoms with E-state index in [0.29, 0.717) is 28.7 Å². The SMILES string of the molecule is CC(C)Oc1cc(F)cc2ccc(-c3nnc4ccc([C@H](N5CCC(N)C5)C(F)(F)F)cn34)nc12. The molecule has 0 saturated carbocycles. The Morgan fingerprint density at radius 1 is 1.11 bits per heavy atom. The fraction of sp³-hybridized carbons (Fsp3) is 0.375. The van der Waals surface area contributed by atoms with Gasteiger partial charge in [-0.15, -0.1) is 10.2 Å². The van der Waals surface area contributed by atoms with Gasteiger partial charge in [-0.05, 0) is 44.0 Å². The third-order valence-electron chi connectivity index (χ3n) is 5.99. The zero-order valence-corrected chi connectivity index (χ0v) is 19.1. The molecule has 0 radical (unpaired) electrons. The van der Waals surface area contributed by atoms with Crippen molar-refractivity contribution in [3.05, 3.63) is 54.0 Å². The van der Waals surface area contributed by atoms with E-state index in [1.165, 1.54) is 39.8 Å². The molecule has 1 unspecified atom stereocenters. The highest BCUT2D eigenvalue weighted by Gasteiger charge is 2.46. The molecular weight excluding hydrogens is 464 g/mol. The summed E-state index contributed by atoms with van der Waals surface area (Å²) in [5.41, 5.74) is 7.11. The normalized spacial score (nSPS) is 18.1. The minimum atomic E-state index is -4.49. The number of pyridine rings is 2. The van der Waals surface area contributed by atoms with E-state index in [9.17, 15) is 17.6 Å². The van der Waals surface area contributed by atoms with Crippen molar-refractivity contribution in [2.75, 3.05) is 13.1 Å². The molecule has 1 saturated heterocycles. The number of rotatable bonds is 5. The molecule has 3 aromatic heterocycles. The second kappa shape index (κ2) is 8.72. The van der Waals surface area contributed by atoms with Crippen LogP contribution >= 0.6 is 0 Å². The first-order chi connectivity index (χ1) is 16.6. The number of nitrogens with zero attached hydrogens (tertiary/aromatic N) is 5. The molecule has 1 aliphatic rings. The van der Waals surface area contributed by atoms with E-state index in [4.69, 9.17) is 10.5 Å². The fourth-order valence-corrected chi connectivity index (χ4v) is 4.54. The van der Waals surface area contributed by atoms with Gasteiger partial charge in [-0.25, -0.2) is 9.37 Å². The first-order valence-corrected chi connectivity index (χ1v) is 11.3. The average Bonchev–Trinajstić information content (AvgIpc) is 3.38. The van der Waals surface area contributed by atoms with Crippen molar-refractivity contribution in [2.24, 2.45) is 5.73 Å². The lowest BCUT2D eigenvalue weighted by atomic mass is 10.1. The number of halogens is 4. The van der Waals surface area contributed by atoms with Gasteiger partial charge in [-0.1, -0.05) is 12.1 Å². The van der Waals surface area contributed by atoms with Crippen LogP contribution in [-0.2, 0) is 0 Å². The lowest BCUT2D eigenvalue weighted by Gasteiger charge is -2.30. The molecule has 4 heterocycles. The highest BCUT2D eigenvalue weighted by atomic mass is 19.4. The Hall–Kier alpha value is -3.31. The predicted molar refractivity (Wildman–Crippen MR) is 122 cm³/mol. The molecule has 1 aromatic carbocycles. The van der Waals surface area contributed by atoms with Gasteiger partial charge in [0, 0.05) is 36.8 Å². The summed E-state index contributed by atoms with van der Waals surface area (Å²) in [5.74, 6) is 0.0802. The van der Waals surface area contributed by atoms with Crippen LogP contribution in [0.2, 0.25) is 0 Å². The van der Waals surface area contributed by atoms with Gasteiger partial charge < -0.3 is 10.5 Å². The zero-order valence-electron chi connectivity index (χ0n) is 19.1. The molecule has 1 aliphatic heterocycles. The Labute approximate surface area is 198 Å². The van der Waals surface area contributed by atoms with Crippen LogP contribution in [0.3, 0.4) is 0 Å². The van der Waals surface area contributed by atoms with Gasteiger partial charge in [0.15, 0.2) is 11.5 Å². The first kappa shape index (κ1) is 23.4. The Balaban J connectivity index is 1.61. The second-order valence-corrected chi connectivity index (χ2v) is 9.04. The number of fused-ring (bicyclic) bond motifs is 2. The van der Waals surface area contributed by atoms with Gasteiger partial charge in [0.1, 0.15) is 28.8 Å². The van der Waals surface area contributed by atoms with Crippen molar-refractivity contribution in [2.45, 2.75) is 44.6 Å². The topological polar surface area (TPSA) is 81.6 Å². The van der Waals surface area contributed by atoms with Gasteiger partial charge in [0.2, 0.25) is 0 Å². The summed E-state index contributed by atoms with van der Waals surface area (Å²) in [4.78, 5) is 5.96. The number of ether oxygens (including phenoxy) is 1. The van der Waals surface area contributed by atoms with Crippen molar-refractivity contribution in [3.8, 4) is 17.3 Å². The van der Waals surface area contributed by atoms with Crippen molar-refractivity contribution < 1.29 is 22.3 Å². The summed E-state index contributed by atoms with van der Waals surface area (Å²) >= 11 is 0. The summed E-state index contributed by atoms with van der Waals surface area (Å²) in [7, 11) is 0. The number of aromatic nitrogens is 4. The molecule has 35 heavy (non-hydrogen) atoms. The number of hydrogen-bond donors (Lipinski definition) is 1. The molecule has 2 atom stereocenters. The molecule has 5 rings (SSSR count). The Bertz CT molecular complexity index is 1390. The standard InChI is InChI=1S/C24H24F4N6O/c1-13(2)35-19-10-16(25)9-14-3-5-18(30-21(14)19)23-32-31-20-6-4-15(11-34(20)23)22(24(26,27)28)33-8-7-17(29)12-33/h3-6,9-11,13,17,22H,7-8,12,29H2,1-2H3/t17?,22-/m0/s1. The fourth-order valence-electron chi connectivity index (χ4n) is 4.54. The van der Waals surface area contributed by atoms with Crippen molar-refractivity contribution >= 4 is 16.6 Å². The van der Waals surface area contributed by atoms with Crippen molar-refractivity contribution in [1.82, 2.24) is 24.5 Å². The van der Waals surface area contributed by atoms with E-state index < -0.39 is 18.0 Å². The molecule has 0 spiro atoms. The van der Waals surface area contributed by atoms with Crippen LogP contribution < -0.4 is 10.5 Å². The number of likely N-dealkylation sites (tertiary alicyclic amines) is 1. The average molecular weight is 488 g/mol.